The first-order valence-corrected chi connectivity index (χ1v) is 16.7. The quantitative estimate of drug-likeness (QED) is 0.0649. The molecule has 0 spiro atoms. The van der Waals surface area contributed by atoms with Crippen LogP contribution in [0.15, 0.2) is 66.7 Å². The highest BCUT2D eigenvalue weighted by molar-refractivity contribution is 7.53. The number of rotatable bonds is 22. The second kappa shape index (κ2) is 20.7. The largest absolute Gasteiger partial charge is 0.567 e. The minimum Gasteiger partial charge on any atom is -0.351 e. The summed E-state index contributed by atoms with van der Waals surface area (Å²) in [4.78, 5) is 40.4. The second-order valence-corrected chi connectivity index (χ2v) is 12.0. The normalized spacial score (nSPS) is 12.6. The molecule has 40 heavy (non-hydrogen) atoms. The highest BCUT2D eigenvalue weighted by Gasteiger charge is 2.34. The van der Waals surface area contributed by atoms with E-state index in [4.69, 9.17) is 4.52 Å². The smallest absolute Gasteiger partial charge is 0.351 e. The number of hydrogen-bond acceptors (Lipinski definition) is 5. The van der Waals surface area contributed by atoms with E-state index in [2.05, 4.69) is 24.4 Å². The second-order valence-electron chi connectivity index (χ2n) is 10.7. The molecule has 1 amide bonds. The number of hydrogen-bond donors (Lipinski definition) is 4. The van der Waals surface area contributed by atoms with E-state index in [0.717, 1.165) is 42.4 Å². The molecule has 0 aromatic heterocycles. The van der Waals surface area contributed by atoms with Crippen molar-refractivity contribution < 1.29 is 24.0 Å². The zero-order chi connectivity index (χ0) is 28.9. The maximum atomic E-state index is 12.6. The lowest BCUT2D eigenvalue weighted by Crippen LogP contribution is -2.39. The Labute approximate surface area is 242 Å². The molecule has 1 atom stereocenters. The van der Waals surface area contributed by atoms with Crippen LogP contribution in [0.3, 0.4) is 0 Å². The van der Waals surface area contributed by atoms with Gasteiger partial charge in [-0.15, -0.1) is 0 Å². The Morgan fingerprint density at radius 2 is 1.32 bits per heavy atom. The highest BCUT2D eigenvalue weighted by atomic mass is 31.2. The zero-order valence-corrected chi connectivity index (χ0v) is 25.2. The number of nitrogens with one attached hydrogen (secondary N) is 1. The summed E-state index contributed by atoms with van der Waals surface area (Å²) in [6, 6.07) is 17.6. The summed E-state index contributed by atoms with van der Waals surface area (Å²) in [7, 11) is -4.38. The van der Waals surface area contributed by atoms with Gasteiger partial charge in [0.15, 0.2) is 0 Å². The minimum absolute atomic E-state index is 0.0927. The van der Waals surface area contributed by atoms with E-state index in [1.54, 1.807) is 0 Å². The number of carbonyl (C=O) groups excluding carboxylic acids is 1. The molecule has 2 rings (SSSR count). The van der Waals surface area contributed by atoms with Gasteiger partial charge in [-0.2, -0.15) is 19.2 Å². The molecule has 0 aliphatic carbocycles. The van der Waals surface area contributed by atoms with Gasteiger partial charge in [0.2, 0.25) is 5.91 Å². The van der Waals surface area contributed by atoms with Crippen molar-refractivity contribution in [1.29, 1.82) is 0 Å². The Kier molecular flexibility index (Phi) is 17.7. The molecule has 0 aliphatic heterocycles. The molecular weight excluding hydrogens is 521 g/mol. The molecule has 1 unspecified atom stereocenters. The number of unbranched alkanes of at least 4 members (excludes halogenated alkanes) is 11. The number of benzene rings is 2. The highest BCUT2D eigenvalue weighted by Crippen LogP contribution is 2.45. The van der Waals surface area contributed by atoms with Crippen molar-refractivity contribution in [2.75, 3.05) is 6.61 Å². The summed E-state index contributed by atoms with van der Waals surface area (Å²) < 4.78 is 4.85. The zero-order valence-electron chi connectivity index (χ0n) is 24.3. The Bertz CT molecular complexity index is 944. The predicted molar refractivity (Wildman–Crippen MR) is 166 cm³/mol. The van der Waals surface area contributed by atoms with Crippen molar-refractivity contribution in [2.45, 2.75) is 109 Å². The third-order valence-corrected chi connectivity index (χ3v) is 7.52. The van der Waals surface area contributed by atoms with Gasteiger partial charge in [-0.05, 0) is 55.2 Å². The molecule has 2 aromatic carbocycles. The van der Waals surface area contributed by atoms with Crippen LogP contribution in [0, 0.1) is 0 Å². The van der Waals surface area contributed by atoms with Gasteiger partial charge in [0.25, 0.3) is 0 Å². The van der Waals surface area contributed by atoms with Crippen LogP contribution in [0.5, 0.6) is 0 Å². The van der Waals surface area contributed by atoms with Crippen LogP contribution in [-0.2, 0) is 15.7 Å². The van der Waals surface area contributed by atoms with Gasteiger partial charge in [-0.1, -0.05) is 125 Å². The van der Waals surface area contributed by atoms with E-state index in [-0.39, 0.29) is 12.5 Å². The van der Waals surface area contributed by atoms with Crippen LogP contribution in [0.1, 0.15) is 102 Å². The van der Waals surface area contributed by atoms with Gasteiger partial charge in [0, 0.05) is 6.42 Å². The summed E-state index contributed by atoms with van der Waals surface area (Å²) in [5.41, 5.74) is 3.20. The average molecular weight is 573 g/mol. The Morgan fingerprint density at radius 1 is 0.775 bits per heavy atom. The molecule has 0 heterocycles. The van der Waals surface area contributed by atoms with Crippen LogP contribution in [0.4, 0.5) is 0 Å². The first kappa shape index (κ1) is 34.1. The molecule has 0 fully saturated rings. The van der Waals surface area contributed by atoms with E-state index in [0.29, 0.717) is 12.8 Å². The van der Waals surface area contributed by atoms with E-state index in [9.17, 15) is 19.5 Å². The van der Waals surface area contributed by atoms with Gasteiger partial charge in [0.1, 0.15) is 6.61 Å². The first-order valence-electron chi connectivity index (χ1n) is 15.2. The van der Waals surface area contributed by atoms with Crippen LogP contribution in [-0.4, -0.2) is 33.2 Å². The summed E-state index contributed by atoms with van der Waals surface area (Å²) >= 11 is 0. The summed E-state index contributed by atoms with van der Waals surface area (Å²) in [5, 5.41) is 2.95. The lowest BCUT2D eigenvalue weighted by molar-refractivity contribution is -0.122. The van der Waals surface area contributed by atoms with E-state index >= 15 is 0 Å². The molecule has 0 bridgehead atoms. The third kappa shape index (κ3) is 16.9. The van der Waals surface area contributed by atoms with Crippen molar-refractivity contribution >= 4 is 14.1 Å². The maximum Gasteiger partial charge on any atom is 0.567 e. The third-order valence-electron chi connectivity index (χ3n) is 7.02. The summed E-state index contributed by atoms with van der Waals surface area (Å²) in [6.07, 6.45) is 21.2. The van der Waals surface area contributed by atoms with Crippen molar-refractivity contribution in [1.82, 2.24) is 5.32 Å². The lowest BCUT2D eigenvalue weighted by atomic mass is 10.0. The molecule has 7 heteroatoms. The monoisotopic (exact) mass is 572 g/mol. The number of carbonyl (C=O) groups is 1. The van der Waals surface area contributed by atoms with Crippen molar-refractivity contribution in [3.63, 3.8) is 0 Å². The van der Waals surface area contributed by atoms with E-state index in [1.807, 2.05) is 54.6 Å². The summed E-state index contributed by atoms with van der Waals surface area (Å²) in [5.74, 6) is -0.0927. The lowest BCUT2D eigenvalue weighted by Gasteiger charge is -2.18. The number of allylic oxidation sites excluding steroid dienone is 2. The van der Waals surface area contributed by atoms with Gasteiger partial charge < -0.3 is 5.32 Å². The van der Waals surface area contributed by atoms with Crippen LogP contribution in [0.25, 0.3) is 11.1 Å². The van der Waals surface area contributed by atoms with Gasteiger partial charge in [-0.25, -0.2) is 0 Å². The summed E-state index contributed by atoms with van der Waals surface area (Å²) in [6.45, 7) is 2.07. The fourth-order valence-corrected chi connectivity index (χ4v) is 5.13. The Morgan fingerprint density at radius 3 is 1.93 bits per heavy atom. The molecule has 222 valence electrons. The molecule has 4 N–H and O–H groups in total. The van der Waals surface area contributed by atoms with Crippen LogP contribution < -0.4 is 5.32 Å². The molecule has 0 aliphatic rings. The van der Waals surface area contributed by atoms with E-state index < -0.39 is 14.2 Å². The molecule has 0 saturated heterocycles. The van der Waals surface area contributed by atoms with Gasteiger partial charge in [0.05, 0.1) is 6.04 Å². The molecule has 6 nitrogen and oxygen atoms in total. The molecule has 0 saturated carbocycles. The van der Waals surface area contributed by atoms with Crippen molar-refractivity contribution in [3.8, 4) is 11.1 Å². The predicted octanol–water partition coefficient (Wildman–Crippen LogP) is 8.09. The van der Waals surface area contributed by atoms with Crippen molar-refractivity contribution in [3.05, 3.63) is 72.3 Å². The SMILES string of the molecule is CCCCCCCC/C=C\CCCCCCCC(=O)NC(CO[P+](O)(O)O)Cc1ccc(-c2ccccc2)cc1. The Hall–Kier alpha value is -2.08. The van der Waals surface area contributed by atoms with Crippen LogP contribution in [0.2, 0.25) is 0 Å². The topological polar surface area (TPSA) is 99.0 Å². The standard InChI is InChI=1S/C33H50NO5P/c1-2-3-4-5-6-7-8-9-10-11-12-13-14-15-19-22-33(35)34-32(28-39-40(36,37)38)27-29-23-25-31(26-24-29)30-20-17-16-18-21-30/h9-10,16-18,20-21,23-26,32,36-38H,2-8,11-15,19,22,27-28H2,1H3/p+1/b10-9-. The molecule has 2 aromatic rings. The van der Waals surface area contributed by atoms with Crippen molar-refractivity contribution in [2.24, 2.45) is 0 Å². The average Bonchev–Trinajstić information content (AvgIpc) is 2.94. The fourth-order valence-electron chi connectivity index (χ4n) is 4.75. The maximum absolute atomic E-state index is 12.6. The number of amides is 1. The fraction of sp³-hybridized carbons (Fsp3) is 0.545. The van der Waals surface area contributed by atoms with Gasteiger partial charge in [-0.3, -0.25) is 4.79 Å². The van der Waals surface area contributed by atoms with Crippen LogP contribution >= 0.6 is 8.17 Å². The Balaban J connectivity index is 1.64. The molecule has 0 radical (unpaired) electrons. The van der Waals surface area contributed by atoms with E-state index in [1.165, 1.54) is 57.8 Å². The van der Waals surface area contributed by atoms with Gasteiger partial charge >= 0.3 is 8.17 Å². The minimum atomic E-state index is -4.38. The first-order chi connectivity index (χ1) is 19.4. The molecular formula is C33H51NO5P+.